The van der Waals surface area contributed by atoms with Crippen molar-refractivity contribution in [3.63, 3.8) is 0 Å². The second kappa shape index (κ2) is 8.17. The van der Waals surface area contributed by atoms with Crippen LogP contribution < -0.4 is 4.74 Å². The van der Waals surface area contributed by atoms with E-state index in [2.05, 4.69) is 0 Å². The lowest BCUT2D eigenvalue weighted by molar-refractivity contribution is -0.147. The molecule has 164 valence electrons. The number of aromatic hydroxyl groups is 1. The molecule has 5 rings (SSSR count). The summed E-state index contributed by atoms with van der Waals surface area (Å²) in [6, 6.07) is 13.2. The Hall–Kier alpha value is -2.57. The molecular formula is C25H29NO5. The van der Waals surface area contributed by atoms with Crippen LogP contribution in [0.15, 0.2) is 42.5 Å². The van der Waals surface area contributed by atoms with Gasteiger partial charge in [0.15, 0.2) is 11.5 Å². The number of piperidine rings is 1. The van der Waals surface area contributed by atoms with Gasteiger partial charge in [0, 0.05) is 56.7 Å². The number of hydrogen-bond donors (Lipinski definition) is 1. The van der Waals surface area contributed by atoms with E-state index in [0.29, 0.717) is 31.0 Å². The van der Waals surface area contributed by atoms with E-state index in [1.807, 2.05) is 41.3 Å². The number of rotatable bonds is 3. The number of amides is 1. The molecule has 0 unspecified atom stereocenters. The van der Waals surface area contributed by atoms with Crippen molar-refractivity contribution in [1.82, 2.24) is 4.90 Å². The Bertz CT molecular complexity index is 966. The molecule has 0 bridgehead atoms. The molecule has 1 spiro atoms. The Kier molecular flexibility index (Phi) is 5.36. The number of para-hydroxylation sites is 1. The average Bonchev–Trinajstić information content (AvgIpc) is 2.81. The number of carbonyl (C=O) groups excluding carboxylic acids is 1. The average molecular weight is 424 g/mol. The number of hydrogen-bond acceptors (Lipinski definition) is 5. The molecule has 3 heterocycles. The lowest BCUT2D eigenvalue weighted by atomic mass is 9.70. The van der Waals surface area contributed by atoms with Crippen molar-refractivity contribution >= 4 is 5.91 Å². The summed E-state index contributed by atoms with van der Waals surface area (Å²) >= 11 is 0. The molecular weight excluding hydrogens is 394 g/mol. The van der Waals surface area contributed by atoms with Gasteiger partial charge in [-0.1, -0.05) is 24.3 Å². The van der Waals surface area contributed by atoms with Crippen molar-refractivity contribution in [3.8, 4) is 11.5 Å². The van der Waals surface area contributed by atoms with E-state index in [9.17, 15) is 9.90 Å². The first-order chi connectivity index (χ1) is 15.1. The molecule has 2 aromatic carbocycles. The van der Waals surface area contributed by atoms with Gasteiger partial charge in [0.05, 0.1) is 12.7 Å². The van der Waals surface area contributed by atoms with E-state index in [1.165, 1.54) is 0 Å². The van der Waals surface area contributed by atoms with Crippen LogP contribution in [0.5, 0.6) is 11.5 Å². The van der Waals surface area contributed by atoms with Gasteiger partial charge in [-0.15, -0.1) is 0 Å². The maximum Gasteiger partial charge on any atom is 0.253 e. The molecule has 0 aromatic heterocycles. The summed E-state index contributed by atoms with van der Waals surface area (Å²) in [5.41, 5.74) is 2.22. The van der Waals surface area contributed by atoms with Crippen LogP contribution in [-0.4, -0.2) is 48.3 Å². The zero-order chi connectivity index (χ0) is 21.4. The fourth-order valence-electron chi connectivity index (χ4n) is 5.49. The van der Waals surface area contributed by atoms with Crippen LogP contribution in [0.2, 0.25) is 0 Å². The summed E-state index contributed by atoms with van der Waals surface area (Å²) in [4.78, 5) is 15.1. The third kappa shape index (κ3) is 3.58. The van der Waals surface area contributed by atoms with Gasteiger partial charge in [-0.2, -0.15) is 0 Å². The summed E-state index contributed by atoms with van der Waals surface area (Å²) in [5.74, 6) is 0.997. The Morgan fingerprint density at radius 1 is 1.23 bits per heavy atom. The normalized spacial score (nSPS) is 24.2. The van der Waals surface area contributed by atoms with E-state index in [1.54, 1.807) is 13.2 Å². The molecule has 31 heavy (non-hydrogen) atoms. The minimum absolute atomic E-state index is 0.0447. The van der Waals surface area contributed by atoms with Crippen LogP contribution >= 0.6 is 0 Å². The summed E-state index contributed by atoms with van der Waals surface area (Å²) in [5, 5.41) is 10.5. The summed E-state index contributed by atoms with van der Waals surface area (Å²) in [6.45, 7) is 2.47. The quantitative estimate of drug-likeness (QED) is 0.806. The smallest absolute Gasteiger partial charge is 0.253 e. The highest BCUT2D eigenvalue weighted by Crippen LogP contribution is 2.55. The lowest BCUT2D eigenvalue weighted by Gasteiger charge is -2.53. The number of fused-ring (bicyclic) bond motifs is 4. The van der Waals surface area contributed by atoms with Crippen LogP contribution in [-0.2, 0) is 16.1 Å². The second-order valence-corrected chi connectivity index (χ2v) is 8.83. The Labute approximate surface area is 182 Å². The largest absolute Gasteiger partial charge is 0.504 e. The van der Waals surface area contributed by atoms with E-state index >= 15 is 0 Å². The number of benzene rings is 2. The standard InChI is InChI=1S/C25H29NO5/c1-29-16-17-5-2-6-18(15-17)24(28)26-12-10-25(11-13-26)20-8-4-14-30-22(20)19-7-3-9-21(27)23(19)31-25/h2-3,5-7,9,15,20,22,27H,4,8,10-14,16H2,1H3/t20-,22+/m0/s1. The fraction of sp³-hybridized carbons (Fsp3) is 0.480. The molecule has 0 radical (unpaired) electrons. The van der Waals surface area contributed by atoms with Crippen molar-refractivity contribution in [2.75, 3.05) is 26.8 Å². The van der Waals surface area contributed by atoms with Crippen molar-refractivity contribution < 1.29 is 24.1 Å². The number of methoxy groups -OCH3 is 1. The topological polar surface area (TPSA) is 68.2 Å². The molecule has 2 aromatic rings. The highest BCUT2D eigenvalue weighted by Gasteiger charge is 2.53. The number of phenolic OH excluding ortho intramolecular Hbond substituents is 1. The van der Waals surface area contributed by atoms with Crippen molar-refractivity contribution in [2.45, 2.75) is 44.0 Å². The molecule has 2 fully saturated rings. The van der Waals surface area contributed by atoms with Crippen molar-refractivity contribution in [2.24, 2.45) is 5.92 Å². The Morgan fingerprint density at radius 3 is 2.84 bits per heavy atom. The Morgan fingerprint density at radius 2 is 2.03 bits per heavy atom. The third-order valence-corrected chi connectivity index (χ3v) is 7.02. The number of ether oxygens (including phenoxy) is 3. The predicted octanol–water partition coefficient (Wildman–Crippen LogP) is 4.07. The van der Waals surface area contributed by atoms with E-state index in [-0.39, 0.29) is 23.7 Å². The zero-order valence-corrected chi connectivity index (χ0v) is 17.9. The van der Waals surface area contributed by atoms with Gasteiger partial charge in [0.25, 0.3) is 5.91 Å². The summed E-state index contributed by atoms with van der Waals surface area (Å²) < 4.78 is 17.9. The third-order valence-electron chi connectivity index (χ3n) is 7.02. The SMILES string of the molecule is COCc1cccc(C(=O)N2CCC3(CC2)Oc2c(O)cccc2[C@H]2OCCC[C@@H]23)c1. The van der Waals surface area contributed by atoms with Crippen LogP contribution in [0, 0.1) is 5.92 Å². The first-order valence-corrected chi connectivity index (χ1v) is 11.1. The first kappa shape index (κ1) is 20.3. The minimum atomic E-state index is -0.411. The molecule has 1 amide bonds. The molecule has 3 aliphatic rings. The van der Waals surface area contributed by atoms with Gasteiger partial charge in [-0.3, -0.25) is 4.79 Å². The zero-order valence-electron chi connectivity index (χ0n) is 17.9. The number of phenols is 1. The maximum absolute atomic E-state index is 13.1. The van der Waals surface area contributed by atoms with Gasteiger partial charge in [-0.05, 0) is 36.6 Å². The van der Waals surface area contributed by atoms with Gasteiger partial charge in [0.2, 0.25) is 0 Å². The second-order valence-electron chi connectivity index (χ2n) is 8.83. The van der Waals surface area contributed by atoms with Crippen LogP contribution in [0.3, 0.4) is 0 Å². The van der Waals surface area contributed by atoms with Crippen LogP contribution in [0.1, 0.15) is 53.3 Å². The van der Waals surface area contributed by atoms with Gasteiger partial charge < -0.3 is 24.2 Å². The van der Waals surface area contributed by atoms with Crippen molar-refractivity contribution in [3.05, 3.63) is 59.2 Å². The first-order valence-electron chi connectivity index (χ1n) is 11.1. The summed E-state index contributed by atoms with van der Waals surface area (Å²) in [6.07, 6.45) is 3.45. The molecule has 0 saturated carbocycles. The van der Waals surface area contributed by atoms with E-state index in [4.69, 9.17) is 14.2 Å². The number of carbonyl (C=O) groups is 1. The van der Waals surface area contributed by atoms with Crippen LogP contribution in [0.25, 0.3) is 0 Å². The predicted molar refractivity (Wildman–Crippen MR) is 115 cm³/mol. The number of likely N-dealkylation sites (tertiary alicyclic amines) is 1. The van der Waals surface area contributed by atoms with Gasteiger partial charge in [-0.25, -0.2) is 0 Å². The molecule has 1 N–H and O–H groups in total. The summed E-state index contributed by atoms with van der Waals surface area (Å²) in [7, 11) is 1.65. The molecule has 6 heteroatoms. The maximum atomic E-state index is 13.1. The highest BCUT2D eigenvalue weighted by atomic mass is 16.5. The molecule has 0 aliphatic carbocycles. The minimum Gasteiger partial charge on any atom is -0.504 e. The van der Waals surface area contributed by atoms with E-state index in [0.717, 1.165) is 43.4 Å². The Balaban J connectivity index is 1.37. The fourth-order valence-corrected chi connectivity index (χ4v) is 5.49. The van der Waals surface area contributed by atoms with Crippen molar-refractivity contribution in [1.29, 1.82) is 0 Å². The molecule has 6 nitrogen and oxygen atoms in total. The van der Waals surface area contributed by atoms with Gasteiger partial charge in [0.1, 0.15) is 5.60 Å². The molecule has 2 saturated heterocycles. The molecule has 3 aliphatic heterocycles. The van der Waals surface area contributed by atoms with E-state index < -0.39 is 5.60 Å². The van der Waals surface area contributed by atoms with Crippen LogP contribution in [0.4, 0.5) is 0 Å². The molecule has 2 atom stereocenters. The monoisotopic (exact) mass is 423 g/mol. The van der Waals surface area contributed by atoms with Gasteiger partial charge >= 0.3 is 0 Å². The lowest BCUT2D eigenvalue weighted by Crippen LogP contribution is -2.57. The highest BCUT2D eigenvalue weighted by molar-refractivity contribution is 5.94. The number of nitrogens with zero attached hydrogens (tertiary/aromatic N) is 1.